The first kappa shape index (κ1) is 22.2. The van der Waals surface area contributed by atoms with Gasteiger partial charge >= 0.3 is 11.9 Å². The van der Waals surface area contributed by atoms with Gasteiger partial charge in [0.05, 0.1) is 6.33 Å². The third kappa shape index (κ3) is 6.51. The Kier molecular flexibility index (Phi) is 7.86. The van der Waals surface area contributed by atoms with Crippen molar-refractivity contribution >= 4 is 35.1 Å². The maximum absolute atomic E-state index is 11.7. The summed E-state index contributed by atoms with van der Waals surface area (Å²) in [4.78, 5) is 27.3. The molecular formula is C19H23Cl2N3O4. The van der Waals surface area contributed by atoms with Crippen molar-refractivity contribution in [3.8, 4) is 0 Å². The fraction of sp³-hybridized carbons (Fsp3) is 0.421. The molecule has 0 saturated heterocycles. The van der Waals surface area contributed by atoms with Crippen LogP contribution in [0.5, 0.6) is 0 Å². The molecule has 2 atom stereocenters. The molecule has 1 unspecified atom stereocenters. The molecule has 0 radical (unpaired) electrons. The van der Waals surface area contributed by atoms with E-state index in [-0.39, 0.29) is 12.3 Å². The molecule has 9 heteroatoms. The number of hydrogen-bond donors (Lipinski definition) is 3. The van der Waals surface area contributed by atoms with E-state index >= 15 is 0 Å². The van der Waals surface area contributed by atoms with Crippen LogP contribution in [0.4, 0.5) is 0 Å². The third-order valence-electron chi connectivity index (χ3n) is 4.19. The van der Waals surface area contributed by atoms with E-state index in [1.165, 1.54) is 0 Å². The van der Waals surface area contributed by atoms with Crippen LogP contribution in [-0.4, -0.2) is 43.8 Å². The summed E-state index contributed by atoms with van der Waals surface area (Å²) >= 11 is 12.1. The molecule has 0 aliphatic rings. The SMILES string of the molecule is CC(C)C[C@@H](NC(Cc1cncn1Cc1cc(Cl)cc(Cl)c1)C(=O)O)C(=O)O. The highest BCUT2D eigenvalue weighted by Gasteiger charge is 2.27. The van der Waals surface area contributed by atoms with Crippen LogP contribution in [0.25, 0.3) is 0 Å². The predicted octanol–water partition coefficient (Wildman–Crippen LogP) is 3.32. The molecule has 2 rings (SSSR count). The van der Waals surface area contributed by atoms with Crippen molar-refractivity contribution in [3.63, 3.8) is 0 Å². The number of carboxylic acid groups (broad SMARTS) is 2. The van der Waals surface area contributed by atoms with Gasteiger partial charge in [0.2, 0.25) is 0 Å². The van der Waals surface area contributed by atoms with Crippen LogP contribution in [-0.2, 0) is 22.6 Å². The Bertz CT molecular complexity index is 818. The number of nitrogens with one attached hydrogen (secondary N) is 1. The number of benzene rings is 1. The van der Waals surface area contributed by atoms with Crippen LogP contribution in [0.15, 0.2) is 30.7 Å². The van der Waals surface area contributed by atoms with Gasteiger partial charge in [-0.2, -0.15) is 0 Å². The van der Waals surface area contributed by atoms with Crippen LogP contribution in [0.2, 0.25) is 10.0 Å². The normalized spacial score (nSPS) is 13.5. The average molecular weight is 428 g/mol. The lowest BCUT2D eigenvalue weighted by molar-refractivity contribution is -0.142. The zero-order valence-corrected chi connectivity index (χ0v) is 17.1. The van der Waals surface area contributed by atoms with Gasteiger partial charge in [0, 0.05) is 34.9 Å². The second-order valence-electron chi connectivity index (χ2n) is 7.07. The first-order valence-electron chi connectivity index (χ1n) is 8.81. The summed E-state index contributed by atoms with van der Waals surface area (Å²) in [5.41, 5.74) is 1.50. The van der Waals surface area contributed by atoms with E-state index < -0.39 is 24.0 Å². The van der Waals surface area contributed by atoms with Gasteiger partial charge < -0.3 is 14.8 Å². The second kappa shape index (κ2) is 9.91. The Hall–Kier alpha value is -2.09. The minimum absolute atomic E-state index is 0.0888. The van der Waals surface area contributed by atoms with Crippen LogP contribution >= 0.6 is 23.2 Å². The largest absolute Gasteiger partial charge is 0.480 e. The van der Waals surface area contributed by atoms with Gasteiger partial charge in [-0.3, -0.25) is 14.9 Å². The van der Waals surface area contributed by atoms with Gasteiger partial charge in [0.15, 0.2) is 0 Å². The Morgan fingerprint density at radius 1 is 1.11 bits per heavy atom. The maximum atomic E-state index is 11.7. The van der Waals surface area contributed by atoms with Crippen molar-refractivity contribution in [1.82, 2.24) is 14.9 Å². The number of aromatic nitrogens is 2. The fourth-order valence-electron chi connectivity index (χ4n) is 2.94. The summed E-state index contributed by atoms with van der Waals surface area (Å²) in [5.74, 6) is -2.07. The quantitative estimate of drug-likeness (QED) is 0.536. The number of carbonyl (C=O) groups is 2. The van der Waals surface area contributed by atoms with Crippen LogP contribution in [0.1, 0.15) is 31.5 Å². The average Bonchev–Trinajstić information content (AvgIpc) is 2.98. The number of hydrogen-bond acceptors (Lipinski definition) is 4. The van der Waals surface area contributed by atoms with Gasteiger partial charge in [-0.25, -0.2) is 4.98 Å². The lowest BCUT2D eigenvalue weighted by Crippen LogP contribution is -2.49. The summed E-state index contributed by atoms with van der Waals surface area (Å²) in [6.45, 7) is 4.19. The lowest BCUT2D eigenvalue weighted by Gasteiger charge is -2.22. The van der Waals surface area contributed by atoms with Gasteiger partial charge in [0.25, 0.3) is 0 Å². The molecule has 0 saturated carbocycles. The smallest absolute Gasteiger partial charge is 0.321 e. The monoisotopic (exact) mass is 427 g/mol. The van der Waals surface area contributed by atoms with E-state index in [0.29, 0.717) is 28.7 Å². The fourth-order valence-corrected chi connectivity index (χ4v) is 3.51. The molecule has 0 bridgehead atoms. The van der Waals surface area contributed by atoms with Crippen molar-refractivity contribution in [1.29, 1.82) is 0 Å². The Balaban J connectivity index is 2.17. The number of carboxylic acids is 2. The van der Waals surface area contributed by atoms with Crippen molar-refractivity contribution in [2.75, 3.05) is 0 Å². The van der Waals surface area contributed by atoms with Gasteiger partial charge in [-0.15, -0.1) is 0 Å². The standard InChI is InChI=1S/C19H23Cl2N3O4/c1-11(2)3-16(18(25)26)23-17(19(27)28)7-15-8-22-10-24(15)9-12-4-13(20)6-14(21)5-12/h4-6,8,10-11,16-17,23H,3,7,9H2,1-2H3,(H,25,26)(H,27,28)/t16-,17?/m1/s1. The Morgan fingerprint density at radius 2 is 1.71 bits per heavy atom. The molecule has 2 aromatic rings. The van der Waals surface area contributed by atoms with Crippen molar-refractivity contribution in [2.45, 2.75) is 45.3 Å². The minimum Gasteiger partial charge on any atom is -0.480 e. The van der Waals surface area contributed by atoms with E-state index in [1.807, 2.05) is 13.8 Å². The van der Waals surface area contributed by atoms with E-state index in [0.717, 1.165) is 5.56 Å². The van der Waals surface area contributed by atoms with E-state index in [9.17, 15) is 19.8 Å². The van der Waals surface area contributed by atoms with Crippen molar-refractivity contribution in [3.05, 3.63) is 52.0 Å². The highest BCUT2D eigenvalue weighted by atomic mass is 35.5. The Labute approximate surface area is 173 Å². The summed E-state index contributed by atoms with van der Waals surface area (Å²) < 4.78 is 1.79. The first-order valence-corrected chi connectivity index (χ1v) is 9.57. The maximum Gasteiger partial charge on any atom is 0.321 e. The van der Waals surface area contributed by atoms with Gasteiger partial charge in [0.1, 0.15) is 12.1 Å². The molecule has 1 aromatic heterocycles. The molecule has 0 amide bonds. The number of nitrogens with zero attached hydrogens (tertiary/aromatic N) is 2. The summed E-state index contributed by atoms with van der Waals surface area (Å²) in [7, 11) is 0. The van der Waals surface area contributed by atoms with Gasteiger partial charge in [-0.1, -0.05) is 37.0 Å². The van der Waals surface area contributed by atoms with E-state index in [1.54, 1.807) is 35.3 Å². The Morgan fingerprint density at radius 3 is 2.25 bits per heavy atom. The zero-order valence-electron chi connectivity index (χ0n) is 15.6. The first-order chi connectivity index (χ1) is 13.2. The number of aliphatic carboxylic acids is 2. The summed E-state index contributed by atoms with van der Waals surface area (Å²) in [6.07, 6.45) is 3.58. The molecule has 1 heterocycles. The highest BCUT2D eigenvalue weighted by Crippen LogP contribution is 2.20. The molecule has 7 nitrogen and oxygen atoms in total. The van der Waals surface area contributed by atoms with Crippen LogP contribution < -0.4 is 5.32 Å². The summed E-state index contributed by atoms with van der Waals surface area (Å²) in [6, 6.07) is 3.18. The predicted molar refractivity (Wildman–Crippen MR) is 107 cm³/mol. The highest BCUT2D eigenvalue weighted by molar-refractivity contribution is 6.34. The molecular weight excluding hydrogens is 405 g/mol. The van der Waals surface area contributed by atoms with E-state index in [4.69, 9.17) is 23.2 Å². The topological polar surface area (TPSA) is 104 Å². The van der Waals surface area contributed by atoms with Crippen molar-refractivity contribution in [2.24, 2.45) is 5.92 Å². The third-order valence-corrected chi connectivity index (χ3v) is 4.63. The molecule has 3 N–H and O–H groups in total. The van der Waals surface area contributed by atoms with Crippen LogP contribution in [0, 0.1) is 5.92 Å². The molecule has 0 aliphatic carbocycles. The van der Waals surface area contributed by atoms with E-state index in [2.05, 4.69) is 10.3 Å². The second-order valence-corrected chi connectivity index (χ2v) is 7.95. The number of rotatable bonds is 10. The molecule has 0 fully saturated rings. The molecule has 0 aliphatic heterocycles. The number of halogens is 2. The molecule has 0 spiro atoms. The molecule has 1 aromatic carbocycles. The van der Waals surface area contributed by atoms with Crippen LogP contribution in [0.3, 0.4) is 0 Å². The van der Waals surface area contributed by atoms with Gasteiger partial charge in [-0.05, 0) is 36.1 Å². The number of imidazole rings is 1. The molecule has 152 valence electrons. The lowest BCUT2D eigenvalue weighted by atomic mass is 10.0. The molecule has 28 heavy (non-hydrogen) atoms. The minimum atomic E-state index is -1.12. The summed E-state index contributed by atoms with van der Waals surface area (Å²) in [5, 5.41) is 22.7. The zero-order chi connectivity index (χ0) is 20.8. The van der Waals surface area contributed by atoms with Crippen molar-refractivity contribution < 1.29 is 19.8 Å².